The zero-order chi connectivity index (χ0) is 16.8. The van der Waals surface area contributed by atoms with E-state index in [9.17, 15) is 4.79 Å². The average Bonchev–Trinajstić information content (AvgIpc) is 2.87. The van der Waals surface area contributed by atoms with Gasteiger partial charge in [-0.15, -0.1) is 0 Å². The smallest absolute Gasteiger partial charge is 0.344 e. The van der Waals surface area contributed by atoms with Crippen molar-refractivity contribution < 1.29 is 14.3 Å². The highest BCUT2D eigenvalue weighted by atomic mass is 16.6. The highest BCUT2D eigenvalue weighted by molar-refractivity contribution is 5.91. The third-order valence-corrected chi connectivity index (χ3v) is 3.10. The minimum absolute atomic E-state index is 0.175. The van der Waals surface area contributed by atoms with Gasteiger partial charge in [-0.3, -0.25) is 0 Å². The van der Waals surface area contributed by atoms with Gasteiger partial charge in [-0.2, -0.15) is 10.1 Å². The lowest BCUT2D eigenvalue weighted by molar-refractivity contribution is -0.145. The Morgan fingerprint density at radius 2 is 2.17 bits per heavy atom. The van der Waals surface area contributed by atoms with Crippen molar-refractivity contribution in [2.24, 2.45) is 7.05 Å². The minimum atomic E-state index is -0.428. The topological polar surface area (TPSA) is 66.2 Å². The summed E-state index contributed by atoms with van der Waals surface area (Å²) in [4.78, 5) is 15.7. The number of pyridine rings is 1. The first-order valence-corrected chi connectivity index (χ1v) is 7.18. The van der Waals surface area contributed by atoms with Crippen molar-refractivity contribution in [2.45, 2.75) is 6.92 Å². The van der Waals surface area contributed by atoms with Crippen molar-refractivity contribution >= 4 is 22.6 Å². The molecule has 0 amide bonds. The number of esters is 1. The Morgan fingerprint density at radius 1 is 1.39 bits per heavy atom. The molecule has 2 heterocycles. The predicted molar refractivity (Wildman–Crippen MR) is 89.0 cm³/mol. The molecule has 2 rings (SSSR count). The van der Waals surface area contributed by atoms with Crippen LogP contribution in [0.3, 0.4) is 0 Å². The molecule has 23 heavy (non-hydrogen) atoms. The molecule has 2 aromatic rings. The molecule has 0 spiro atoms. The van der Waals surface area contributed by atoms with Crippen LogP contribution in [-0.2, 0) is 16.6 Å². The van der Waals surface area contributed by atoms with E-state index in [1.54, 1.807) is 36.9 Å². The van der Waals surface area contributed by atoms with Crippen LogP contribution in [0.25, 0.3) is 16.6 Å². The molecule has 0 saturated carbocycles. The number of hydrogen-bond donors (Lipinski definition) is 0. The molecule has 120 valence electrons. The van der Waals surface area contributed by atoms with Gasteiger partial charge in [0, 0.05) is 24.1 Å². The van der Waals surface area contributed by atoms with Crippen LogP contribution >= 0.6 is 0 Å². The molecule has 0 aliphatic carbocycles. The molecule has 0 unspecified atom stereocenters. The number of carbonyl (C=O) groups is 1. The Balaban J connectivity index is 2.33. The maximum atomic E-state index is 11.3. The highest BCUT2D eigenvalue weighted by Gasteiger charge is 2.13. The van der Waals surface area contributed by atoms with E-state index in [-0.39, 0.29) is 6.61 Å². The first-order valence-electron chi connectivity index (χ1n) is 7.18. The fourth-order valence-electron chi connectivity index (χ4n) is 2.11. The largest absolute Gasteiger partial charge is 0.466 e. The van der Waals surface area contributed by atoms with Crippen LogP contribution < -0.4 is 4.74 Å². The molecule has 0 bridgehead atoms. The molecule has 0 aromatic carbocycles. The van der Waals surface area contributed by atoms with Gasteiger partial charge in [-0.25, -0.2) is 9.48 Å². The van der Waals surface area contributed by atoms with E-state index in [1.807, 2.05) is 12.1 Å². The Kier molecular flexibility index (Phi) is 5.30. The predicted octanol–water partition coefficient (Wildman–Crippen LogP) is 2.67. The Morgan fingerprint density at radius 3 is 2.83 bits per heavy atom. The number of fused-ring (bicyclic) bond motifs is 1. The first-order chi connectivity index (χ1) is 11.1. The standard InChI is InChI=1S/C17H19N3O3/c1-5-8-12(6-2)16-13-9-10-14(18-17(13)20(4)19-16)23-11-15(21)22-7-3/h5-6,8-10H,1-2,7,11H2,3-4H3. The average molecular weight is 313 g/mol. The van der Waals surface area contributed by atoms with Crippen LogP contribution in [0.15, 0.2) is 43.5 Å². The number of hydrogen-bond acceptors (Lipinski definition) is 5. The van der Waals surface area contributed by atoms with Crippen molar-refractivity contribution in [3.05, 3.63) is 49.2 Å². The summed E-state index contributed by atoms with van der Waals surface area (Å²) >= 11 is 0. The molecule has 0 aliphatic rings. The van der Waals surface area contributed by atoms with Crippen molar-refractivity contribution in [2.75, 3.05) is 13.2 Å². The molecule has 6 nitrogen and oxygen atoms in total. The Bertz CT molecular complexity index is 775. The number of aryl methyl sites for hydroxylation is 1. The van der Waals surface area contributed by atoms with Crippen LogP contribution in [0.5, 0.6) is 5.88 Å². The van der Waals surface area contributed by atoms with Crippen LogP contribution in [0.2, 0.25) is 0 Å². The Hall–Kier alpha value is -2.89. The fraction of sp³-hybridized carbons (Fsp3) is 0.235. The van der Waals surface area contributed by atoms with E-state index in [2.05, 4.69) is 23.2 Å². The summed E-state index contributed by atoms with van der Waals surface area (Å²) in [5, 5.41) is 5.33. The summed E-state index contributed by atoms with van der Waals surface area (Å²) in [6.45, 7) is 9.37. The lowest BCUT2D eigenvalue weighted by atomic mass is 10.1. The Labute approximate surface area is 134 Å². The van der Waals surface area contributed by atoms with E-state index in [4.69, 9.17) is 9.47 Å². The van der Waals surface area contributed by atoms with Crippen LogP contribution in [0, 0.1) is 0 Å². The van der Waals surface area contributed by atoms with Crippen molar-refractivity contribution in [3.63, 3.8) is 0 Å². The summed E-state index contributed by atoms with van der Waals surface area (Å²) in [5.74, 6) is -0.0871. The van der Waals surface area contributed by atoms with Gasteiger partial charge < -0.3 is 9.47 Å². The molecule has 0 saturated heterocycles. The third kappa shape index (κ3) is 3.66. The van der Waals surface area contributed by atoms with E-state index < -0.39 is 5.97 Å². The lowest BCUT2D eigenvalue weighted by Gasteiger charge is -2.05. The van der Waals surface area contributed by atoms with Gasteiger partial charge in [-0.1, -0.05) is 31.4 Å². The van der Waals surface area contributed by atoms with E-state index in [1.165, 1.54) is 0 Å². The second-order valence-corrected chi connectivity index (χ2v) is 4.65. The molecule has 0 fully saturated rings. The van der Waals surface area contributed by atoms with Crippen molar-refractivity contribution in [1.29, 1.82) is 0 Å². The number of rotatable bonds is 7. The molecule has 0 radical (unpaired) electrons. The van der Waals surface area contributed by atoms with E-state index in [0.29, 0.717) is 18.1 Å². The zero-order valence-electron chi connectivity index (χ0n) is 13.3. The van der Waals surface area contributed by atoms with Gasteiger partial charge in [0.1, 0.15) is 5.69 Å². The number of aromatic nitrogens is 3. The molecule has 0 aliphatic heterocycles. The molecule has 6 heteroatoms. The maximum absolute atomic E-state index is 11.3. The van der Waals surface area contributed by atoms with Gasteiger partial charge in [0.15, 0.2) is 12.3 Å². The molecule has 2 aromatic heterocycles. The second-order valence-electron chi connectivity index (χ2n) is 4.65. The minimum Gasteiger partial charge on any atom is -0.466 e. The van der Waals surface area contributed by atoms with Crippen LogP contribution in [0.4, 0.5) is 0 Å². The third-order valence-electron chi connectivity index (χ3n) is 3.10. The summed E-state index contributed by atoms with van der Waals surface area (Å²) < 4.78 is 11.8. The number of allylic oxidation sites excluding steroid dienone is 4. The quantitative estimate of drug-likeness (QED) is 0.581. The normalized spacial score (nSPS) is 11.3. The zero-order valence-corrected chi connectivity index (χ0v) is 13.3. The lowest BCUT2D eigenvalue weighted by Crippen LogP contribution is -2.15. The van der Waals surface area contributed by atoms with Gasteiger partial charge in [-0.05, 0) is 13.0 Å². The van der Waals surface area contributed by atoms with Gasteiger partial charge in [0.05, 0.1) is 6.61 Å². The summed E-state index contributed by atoms with van der Waals surface area (Å²) in [5.41, 5.74) is 2.27. The molecular formula is C17H19N3O3. The highest BCUT2D eigenvalue weighted by Crippen LogP contribution is 2.25. The van der Waals surface area contributed by atoms with Gasteiger partial charge in [0.25, 0.3) is 0 Å². The first kappa shape index (κ1) is 16.5. The van der Waals surface area contributed by atoms with E-state index in [0.717, 1.165) is 16.7 Å². The molecule has 0 N–H and O–H groups in total. The van der Waals surface area contributed by atoms with E-state index >= 15 is 0 Å². The molecule has 0 atom stereocenters. The SMILES string of the molecule is C=CC=C(C=C)c1nn(C)c2nc(OCC(=O)OCC)ccc12. The van der Waals surface area contributed by atoms with Gasteiger partial charge >= 0.3 is 5.97 Å². The van der Waals surface area contributed by atoms with Crippen molar-refractivity contribution in [3.8, 4) is 5.88 Å². The number of carbonyl (C=O) groups excluding carboxylic acids is 1. The summed E-state index contributed by atoms with van der Waals surface area (Å²) in [6.07, 6.45) is 5.23. The van der Waals surface area contributed by atoms with Crippen molar-refractivity contribution in [1.82, 2.24) is 14.8 Å². The second kappa shape index (κ2) is 7.40. The van der Waals surface area contributed by atoms with Crippen LogP contribution in [-0.4, -0.2) is 33.9 Å². The monoisotopic (exact) mass is 313 g/mol. The van der Waals surface area contributed by atoms with Gasteiger partial charge in [0.2, 0.25) is 5.88 Å². The fourth-order valence-corrected chi connectivity index (χ4v) is 2.11. The maximum Gasteiger partial charge on any atom is 0.344 e. The number of nitrogens with zero attached hydrogens (tertiary/aromatic N) is 3. The number of ether oxygens (including phenoxy) is 2. The summed E-state index contributed by atoms with van der Waals surface area (Å²) in [7, 11) is 1.79. The molecular weight excluding hydrogens is 294 g/mol. The summed E-state index contributed by atoms with van der Waals surface area (Å²) in [6, 6.07) is 3.55. The van der Waals surface area contributed by atoms with Crippen LogP contribution in [0.1, 0.15) is 12.6 Å².